The van der Waals surface area contributed by atoms with Gasteiger partial charge in [-0.3, -0.25) is 0 Å². The number of hydrogen-bond donors (Lipinski definition) is 2. The summed E-state index contributed by atoms with van der Waals surface area (Å²) in [6, 6.07) is 5.97. The molecule has 8 heteroatoms. The smallest absolute Gasteiger partial charge is 0.381 e. The van der Waals surface area contributed by atoms with Gasteiger partial charge in [0.25, 0.3) is 0 Å². The van der Waals surface area contributed by atoms with Crippen LogP contribution in [-0.2, 0) is 5.60 Å². The van der Waals surface area contributed by atoms with Gasteiger partial charge in [0, 0.05) is 0 Å². The molecular weight excluding hydrogens is 398 g/mol. The van der Waals surface area contributed by atoms with E-state index < -0.39 is 23.6 Å². The molecule has 0 bridgehead atoms. The molecule has 2 nitrogen and oxygen atoms in total. The van der Waals surface area contributed by atoms with Gasteiger partial charge in [0.1, 0.15) is 0 Å². The van der Waals surface area contributed by atoms with Gasteiger partial charge in [0.05, 0.1) is 0 Å². The molecule has 0 aliphatic carbocycles. The number of hydrogen-bond acceptors (Lipinski definition) is 2. The van der Waals surface area contributed by atoms with Crippen LogP contribution in [-0.4, -0.2) is 28.2 Å². The van der Waals surface area contributed by atoms with E-state index in [1.807, 2.05) is 13.8 Å². The first kappa shape index (κ1) is 27.7. The van der Waals surface area contributed by atoms with Crippen LogP contribution in [0.5, 0.6) is 0 Å². The van der Waals surface area contributed by atoms with Crippen molar-refractivity contribution in [2.24, 2.45) is 5.92 Å². The van der Waals surface area contributed by atoms with Crippen molar-refractivity contribution in [3.05, 3.63) is 35.4 Å². The van der Waals surface area contributed by atoms with E-state index in [1.54, 1.807) is 26.0 Å². The number of rotatable bonds is 6. The standard InChI is InChI=1S/C13H17F3O.C8H15F3O/c1-4-9(2)10-5-7-11(8-6-10)12(3,17)13(14,15)16;1-4-6(2)5-7(3,12)8(9,10)11/h5-9,17H,4H2,1-3H3;6,12H,4-5H2,1-3H3. The third-order valence-corrected chi connectivity index (χ3v) is 5.26. The van der Waals surface area contributed by atoms with Gasteiger partial charge in [0.15, 0.2) is 11.2 Å². The molecule has 0 heterocycles. The first-order valence-electron chi connectivity index (χ1n) is 9.59. The average Bonchev–Trinajstić information content (AvgIpc) is 2.59. The lowest BCUT2D eigenvalue weighted by molar-refractivity contribution is -0.258. The minimum Gasteiger partial charge on any atom is -0.381 e. The molecule has 1 aromatic rings. The van der Waals surface area contributed by atoms with Crippen LogP contribution in [0.4, 0.5) is 26.3 Å². The molecule has 1 rings (SSSR count). The summed E-state index contributed by atoms with van der Waals surface area (Å²) in [7, 11) is 0. The van der Waals surface area contributed by atoms with Gasteiger partial charge in [-0.05, 0) is 49.7 Å². The summed E-state index contributed by atoms with van der Waals surface area (Å²) in [5, 5.41) is 18.5. The van der Waals surface area contributed by atoms with Crippen LogP contribution in [0.25, 0.3) is 0 Å². The van der Waals surface area contributed by atoms with Gasteiger partial charge in [-0.15, -0.1) is 0 Å². The number of halogens is 6. The number of alkyl halides is 6. The van der Waals surface area contributed by atoms with E-state index in [9.17, 15) is 31.4 Å². The maximum atomic E-state index is 12.6. The highest BCUT2D eigenvalue weighted by molar-refractivity contribution is 5.29. The number of benzene rings is 1. The Bertz CT molecular complexity index is 603. The van der Waals surface area contributed by atoms with Crippen LogP contribution in [0.2, 0.25) is 0 Å². The molecule has 4 unspecified atom stereocenters. The van der Waals surface area contributed by atoms with E-state index in [-0.39, 0.29) is 17.9 Å². The van der Waals surface area contributed by atoms with Crippen LogP contribution in [0.15, 0.2) is 24.3 Å². The van der Waals surface area contributed by atoms with Gasteiger partial charge in [-0.2, -0.15) is 26.3 Å². The molecule has 0 aliphatic rings. The first-order chi connectivity index (χ1) is 12.9. The highest BCUT2D eigenvalue weighted by atomic mass is 19.4. The van der Waals surface area contributed by atoms with Gasteiger partial charge >= 0.3 is 12.4 Å². The molecule has 1 aromatic carbocycles. The predicted molar refractivity (Wildman–Crippen MR) is 102 cm³/mol. The fourth-order valence-corrected chi connectivity index (χ4v) is 2.47. The quantitative estimate of drug-likeness (QED) is 0.493. The molecule has 0 spiro atoms. The van der Waals surface area contributed by atoms with Crippen molar-refractivity contribution in [3.8, 4) is 0 Å². The van der Waals surface area contributed by atoms with Gasteiger partial charge < -0.3 is 10.2 Å². The van der Waals surface area contributed by atoms with E-state index in [0.717, 1.165) is 25.8 Å². The minimum absolute atomic E-state index is 0.110. The van der Waals surface area contributed by atoms with Crippen molar-refractivity contribution in [1.82, 2.24) is 0 Å². The molecule has 0 saturated heterocycles. The lowest BCUT2D eigenvalue weighted by atomic mass is 9.91. The molecule has 0 radical (unpaired) electrons. The van der Waals surface area contributed by atoms with Crippen molar-refractivity contribution in [3.63, 3.8) is 0 Å². The normalized spacial score (nSPS) is 18.7. The summed E-state index contributed by atoms with van der Waals surface area (Å²) < 4.78 is 74.0. The van der Waals surface area contributed by atoms with Crippen molar-refractivity contribution in [2.75, 3.05) is 0 Å². The van der Waals surface area contributed by atoms with Crippen LogP contribution in [0.3, 0.4) is 0 Å². The Labute approximate surface area is 168 Å². The summed E-state index contributed by atoms with van der Waals surface area (Å²) >= 11 is 0. The lowest BCUT2D eigenvalue weighted by Crippen LogP contribution is -2.43. The third kappa shape index (κ3) is 7.81. The summed E-state index contributed by atoms with van der Waals surface area (Å²) in [6.45, 7) is 9.11. The Hall–Kier alpha value is -1.28. The molecule has 0 fully saturated rings. The van der Waals surface area contributed by atoms with Gasteiger partial charge in [-0.25, -0.2) is 0 Å². The molecular formula is C21H32F6O2. The van der Waals surface area contributed by atoms with E-state index in [2.05, 4.69) is 0 Å². The lowest BCUT2D eigenvalue weighted by Gasteiger charge is -2.28. The minimum atomic E-state index is -4.66. The Kier molecular flexibility index (Phi) is 9.71. The van der Waals surface area contributed by atoms with E-state index >= 15 is 0 Å². The zero-order valence-electron chi connectivity index (χ0n) is 17.7. The first-order valence-corrected chi connectivity index (χ1v) is 9.59. The Morgan fingerprint density at radius 1 is 0.793 bits per heavy atom. The second kappa shape index (κ2) is 10.2. The van der Waals surface area contributed by atoms with E-state index in [1.165, 1.54) is 12.1 Å². The Balaban J connectivity index is 0.000000578. The number of aliphatic hydroxyl groups is 2. The summed E-state index contributed by atoms with van der Waals surface area (Å²) in [4.78, 5) is 0. The van der Waals surface area contributed by atoms with Gasteiger partial charge in [-0.1, -0.05) is 58.4 Å². The fourth-order valence-electron chi connectivity index (χ4n) is 2.47. The van der Waals surface area contributed by atoms with Crippen molar-refractivity contribution >= 4 is 0 Å². The monoisotopic (exact) mass is 430 g/mol. The summed E-state index contributed by atoms with van der Waals surface area (Å²) in [6.07, 6.45) is -7.84. The highest BCUT2D eigenvalue weighted by Gasteiger charge is 2.51. The molecule has 0 aliphatic heterocycles. The second-order valence-corrected chi connectivity index (χ2v) is 7.99. The van der Waals surface area contributed by atoms with E-state index in [0.29, 0.717) is 12.3 Å². The molecule has 29 heavy (non-hydrogen) atoms. The van der Waals surface area contributed by atoms with Crippen LogP contribution >= 0.6 is 0 Å². The fraction of sp³-hybridized carbons (Fsp3) is 0.714. The van der Waals surface area contributed by atoms with Crippen molar-refractivity contribution < 1.29 is 36.6 Å². The van der Waals surface area contributed by atoms with Crippen LogP contribution in [0, 0.1) is 5.92 Å². The Morgan fingerprint density at radius 2 is 1.24 bits per heavy atom. The van der Waals surface area contributed by atoms with Crippen LogP contribution in [0.1, 0.15) is 77.8 Å². The summed E-state index contributed by atoms with van der Waals surface area (Å²) in [5.41, 5.74) is -4.48. The van der Waals surface area contributed by atoms with Crippen LogP contribution < -0.4 is 0 Å². The van der Waals surface area contributed by atoms with Crippen molar-refractivity contribution in [2.45, 2.75) is 90.3 Å². The largest absolute Gasteiger partial charge is 0.421 e. The zero-order valence-corrected chi connectivity index (χ0v) is 17.7. The highest BCUT2D eigenvalue weighted by Crippen LogP contribution is 2.39. The van der Waals surface area contributed by atoms with Crippen molar-refractivity contribution in [1.29, 1.82) is 0 Å². The molecule has 0 amide bonds. The Morgan fingerprint density at radius 3 is 1.55 bits per heavy atom. The molecule has 170 valence electrons. The molecule has 2 N–H and O–H groups in total. The molecule has 0 aromatic heterocycles. The topological polar surface area (TPSA) is 40.5 Å². The SMILES string of the molecule is CCC(C)CC(C)(O)C(F)(F)F.CCC(C)c1ccc(C(C)(O)C(F)(F)F)cc1. The maximum absolute atomic E-state index is 12.6. The summed E-state index contributed by atoms with van der Waals surface area (Å²) in [5.74, 6) is 0.196. The molecule has 4 atom stereocenters. The molecule has 0 saturated carbocycles. The van der Waals surface area contributed by atoms with E-state index in [4.69, 9.17) is 5.11 Å². The average molecular weight is 430 g/mol. The maximum Gasteiger partial charge on any atom is 0.421 e. The van der Waals surface area contributed by atoms with Gasteiger partial charge in [0.2, 0.25) is 0 Å². The third-order valence-electron chi connectivity index (χ3n) is 5.26. The predicted octanol–water partition coefficient (Wildman–Crippen LogP) is 6.71. The second-order valence-electron chi connectivity index (χ2n) is 7.99. The zero-order chi connectivity index (χ0) is 23.3.